The van der Waals surface area contributed by atoms with Crippen LogP contribution in [0.25, 0.3) is 0 Å². The van der Waals surface area contributed by atoms with Gasteiger partial charge in [0.1, 0.15) is 0 Å². The molecule has 1 aromatic carbocycles. The monoisotopic (exact) mass is 241 g/mol. The lowest BCUT2D eigenvalue weighted by molar-refractivity contribution is 0.289. The highest BCUT2D eigenvalue weighted by Crippen LogP contribution is 2.37. The van der Waals surface area contributed by atoms with Crippen molar-refractivity contribution in [2.24, 2.45) is 0 Å². The molecule has 3 nitrogen and oxygen atoms in total. The third-order valence-electron chi connectivity index (χ3n) is 3.80. The SMILES string of the molecule is Cc1cccc(C2CC(NCc3cn[nH]c3)C2)c1. The smallest absolute Gasteiger partial charge is 0.0532 e. The minimum Gasteiger partial charge on any atom is -0.310 e. The van der Waals surface area contributed by atoms with Crippen molar-refractivity contribution in [3.8, 4) is 0 Å². The third kappa shape index (κ3) is 2.46. The summed E-state index contributed by atoms with van der Waals surface area (Å²) in [5.74, 6) is 0.742. The van der Waals surface area contributed by atoms with E-state index in [1.54, 1.807) is 0 Å². The molecule has 1 aliphatic carbocycles. The zero-order chi connectivity index (χ0) is 12.4. The first-order valence-electron chi connectivity index (χ1n) is 6.59. The van der Waals surface area contributed by atoms with Gasteiger partial charge in [-0.3, -0.25) is 5.10 Å². The fourth-order valence-electron chi connectivity index (χ4n) is 2.62. The predicted molar refractivity (Wildman–Crippen MR) is 72.4 cm³/mol. The molecule has 2 aromatic rings. The number of aromatic nitrogens is 2. The predicted octanol–water partition coefficient (Wildman–Crippen LogP) is 2.75. The number of hydrogen-bond donors (Lipinski definition) is 2. The van der Waals surface area contributed by atoms with Crippen LogP contribution in [0.1, 0.15) is 35.4 Å². The zero-order valence-electron chi connectivity index (χ0n) is 10.7. The highest BCUT2D eigenvalue weighted by atomic mass is 15.1. The second-order valence-electron chi connectivity index (χ2n) is 5.27. The van der Waals surface area contributed by atoms with Crippen LogP contribution in [-0.4, -0.2) is 16.2 Å². The van der Waals surface area contributed by atoms with Crippen LogP contribution in [0.15, 0.2) is 36.7 Å². The van der Waals surface area contributed by atoms with Crippen LogP contribution in [0.4, 0.5) is 0 Å². The molecular weight excluding hydrogens is 222 g/mol. The molecule has 1 aliphatic rings. The van der Waals surface area contributed by atoms with Crippen LogP contribution >= 0.6 is 0 Å². The van der Waals surface area contributed by atoms with E-state index in [9.17, 15) is 0 Å². The molecule has 2 N–H and O–H groups in total. The summed E-state index contributed by atoms with van der Waals surface area (Å²) < 4.78 is 0. The first-order valence-corrected chi connectivity index (χ1v) is 6.59. The van der Waals surface area contributed by atoms with Gasteiger partial charge in [-0.15, -0.1) is 0 Å². The summed E-state index contributed by atoms with van der Waals surface area (Å²) in [4.78, 5) is 0. The van der Waals surface area contributed by atoms with Crippen LogP contribution in [0.2, 0.25) is 0 Å². The highest BCUT2D eigenvalue weighted by Gasteiger charge is 2.29. The number of nitrogens with one attached hydrogen (secondary N) is 2. The third-order valence-corrected chi connectivity index (χ3v) is 3.80. The largest absolute Gasteiger partial charge is 0.310 e. The summed E-state index contributed by atoms with van der Waals surface area (Å²) in [6, 6.07) is 9.56. The molecule has 0 saturated heterocycles. The Balaban J connectivity index is 1.48. The van der Waals surface area contributed by atoms with E-state index in [1.807, 2.05) is 12.4 Å². The van der Waals surface area contributed by atoms with Crippen molar-refractivity contribution in [2.45, 2.75) is 38.3 Å². The molecule has 0 atom stereocenters. The van der Waals surface area contributed by atoms with Gasteiger partial charge in [0, 0.05) is 24.3 Å². The molecule has 0 radical (unpaired) electrons. The van der Waals surface area contributed by atoms with Crippen molar-refractivity contribution in [3.05, 3.63) is 53.3 Å². The number of hydrogen-bond acceptors (Lipinski definition) is 2. The molecule has 1 saturated carbocycles. The maximum Gasteiger partial charge on any atom is 0.0532 e. The molecule has 0 spiro atoms. The molecule has 1 aromatic heterocycles. The Morgan fingerprint density at radius 2 is 2.28 bits per heavy atom. The number of benzene rings is 1. The summed E-state index contributed by atoms with van der Waals surface area (Å²) in [6.07, 6.45) is 6.33. The van der Waals surface area contributed by atoms with Crippen molar-refractivity contribution in [2.75, 3.05) is 0 Å². The van der Waals surface area contributed by atoms with Crippen LogP contribution in [0.3, 0.4) is 0 Å². The van der Waals surface area contributed by atoms with Crippen molar-refractivity contribution in [1.82, 2.24) is 15.5 Å². The average molecular weight is 241 g/mol. The summed E-state index contributed by atoms with van der Waals surface area (Å²) in [5, 5.41) is 10.4. The molecule has 18 heavy (non-hydrogen) atoms. The van der Waals surface area contributed by atoms with E-state index in [0.717, 1.165) is 12.5 Å². The molecule has 1 fully saturated rings. The van der Waals surface area contributed by atoms with Gasteiger partial charge in [-0.25, -0.2) is 0 Å². The van der Waals surface area contributed by atoms with Gasteiger partial charge < -0.3 is 5.32 Å². The van der Waals surface area contributed by atoms with Crippen LogP contribution in [-0.2, 0) is 6.54 Å². The van der Waals surface area contributed by atoms with Gasteiger partial charge in [-0.05, 0) is 31.2 Å². The van der Waals surface area contributed by atoms with Gasteiger partial charge in [0.15, 0.2) is 0 Å². The lowest BCUT2D eigenvalue weighted by atomic mass is 9.75. The molecule has 3 heteroatoms. The summed E-state index contributed by atoms with van der Waals surface area (Å²) in [5.41, 5.74) is 4.09. The minimum absolute atomic E-state index is 0.658. The standard InChI is InChI=1S/C15H19N3/c1-11-3-2-4-13(5-11)14-6-15(7-14)16-8-12-9-17-18-10-12/h2-5,9-10,14-16H,6-8H2,1H3,(H,17,18). The van der Waals surface area contributed by atoms with Crippen molar-refractivity contribution in [3.63, 3.8) is 0 Å². The molecule has 94 valence electrons. The molecule has 0 unspecified atom stereocenters. The van der Waals surface area contributed by atoms with E-state index in [0.29, 0.717) is 6.04 Å². The Bertz CT molecular complexity index is 498. The molecule has 0 aliphatic heterocycles. The molecule has 0 amide bonds. The quantitative estimate of drug-likeness (QED) is 0.864. The van der Waals surface area contributed by atoms with Gasteiger partial charge in [0.25, 0.3) is 0 Å². The van der Waals surface area contributed by atoms with Crippen molar-refractivity contribution >= 4 is 0 Å². The lowest BCUT2D eigenvalue weighted by Gasteiger charge is -2.36. The summed E-state index contributed by atoms with van der Waals surface area (Å²) in [7, 11) is 0. The topological polar surface area (TPSA) is 40.7 Å². The van der Waals surface area contributed by atoms with Crippen LogP contribution in [0.5, 0.6) is 0 Å². The van der Waals surface area contributed by atoms with Crippen molar-refractivity contribution in [1.29, 1.82) is 0 Å². The Labute approximate surface area is 108 Å². The second-order valence-corrected chi connectivity index (χ2v) is 5.27. The number of aromatic amines is 1. The Morgan fingerprint density at radius 1 is 1.39 bits per heavy atom. The van der Waals surface area contributed by atoms with Gasteiger partial charge in [-0.2, -0.15) is 5.10 Å². The van der Waals surface area contributed by atoms with Gasteiger partial charge in [-0.1, -0.05) is 29.8 Å². The van der Waals surface area contributed by atoms with E-state index in [2.05, 4.69) is 46.7 Å². The summed E-state index contributed by atoms with van der Waals surface area (Å²) >= 11 is 0. The zero-order valence-corrected chi connectivity index (χ0v) is 10.7. The molecule has 0 bridgehead atoms. The first kappa shape index (κ1) is 11.5. The van der Waals surface area contributed by atoms with Crippen molar-refractivity contribution < 1.29 is 0 Å². The maximum absolute atomic E-state index is 3.95. The molecule has 3 rings (SSSR count). The average Bonchev–Trinajstić information content (AvgIpc) is 2.80. The number of H-pyrrole nitrogens is 1. The number of aryl methyl sites for hydroxylation is 1. The second kappa shape index (κ2) is 4.94. The van der Waals surface area contributed by atoms with E-state index in [4.69, 9.17) is 0 Å². The van der Waals surface area contributed by atoms with Crippen LogP contribution < -0.4 is 5.32 Å². The number of nitrogens with zero attached hydrogens (tertiary/aromatic N) is 1. The summed E-state index contributed by atoms with van der Waals surface area (Å²) in [6.45, 7) is 3.08. The number of rotatable bonds is 4. The van der Waals surface area contributed by atoms with Gasteiger partial charge >= 0.3 is 0 Å². The fraction of sp³-hybridized carbons (Fsp3) is 0.400. The Hall–Kier alpha value is -1.61. The normalized spacial score (nSPS) is 22.7. The highest BCUT2D eigenvalue weighted by molar-refractivity contribution is 5.27. The lowest BCUT2D eigenvalue weighted by Crippen LogP contribution is -2.39. The Morgan fingerprint density at radius 3 is 3.00 bits per heavy atom. The maximum atomic E-state index is 3.95. The Kier molecular flexibility index (Phi) is 3.15. The van der Waals surface area contributed by atoms with E-state index in [1.165, 1.54) is 29.5 Å². The van der Waals surface area contributed by atoms with E-state index in [-0.39, 0.29) is 0 Å². The minimum atomic E-state index is 0.658. The van der Waals surface area contributed by atoms with E-state index >= 15 is 0 Å². The molecular formula is C15H19N3. The first-order chi connectivity index (χ1) is 8.81. The van der Waals surface area contributed by atoms with Gasteiger partial charge in [0.2, 0.25) is 0 Å². The van der Waals surface area contributed by atoms with Gasteiger partial charge in [0.05, 0.1) is 6.20 Å². The molecule has 1 heterocycles. The fourth-order valence-corrected chi connectivity index (χ4v) is 2.62. The van der Waals surface area contributed by atoms with Crippen LogP contribution in [0, 0.1) is 6.92 Å². The van der Waals surface area contributed by atoms with E-state index < -0.39 is 0 Å².